The Labute approximate surface area is 285 Å². The maximum Gasteiger partial charge on any atom is 0.253 e. The first-order valence-corrected chi connectivity index (χ1v) is 16.4. The average molecular weight is 685 g/mol. The van der Waals surface area contributed by atoms with Crippen LogP contribution >= 0.6 is 0 Å². The molecule has 7 amide bonds. The summed E-state index contributed by atoms with van der Waals surface area (Å²) in [7, 11) is 0. The molecule has 268 valence electrons. The molecule has 0 spiro atoms. The van der Waals surface area contributed by atoms with Gasteiger partial charge in [-0.25, -0.2) is 0 Å². The molecular weight excluding hydrogens is 636 g/mol. The lowest BCUT2D eigenvalue weighted by Crippen LogP contribution is -2.54. The number of benzene rings is 1. The zero-order valence-electron chi connectivity index (χ0n) is 27.8. The van der Waals surface area contributed by atoms with Gasteiger partial charge in [-0.15, -0.1) is 0 Å². The third kappa shape index (κ3) is 15.2. The first-order chi connectivity index (χ1) is 23.4. The molecule has 3 atom stereocenters. The minimum absolute atomic E-state index is 0.0818. The Morgan fingerprint density at radius 2 is 1.16 bits per heavy atom. The number of hydrogen-bond acceptors (Lipinski definition) is 10. The molecule has 9 N–H and O–H groups in total. The van der Waals surface area contributed by atoms with E-state index in [0.29, 0.717) is 45.2 Å². The van der Waals surface area contributed by atoms with E-state index < -0.39 is 72.6 Å². The Morgan fingerprint density at radius 3 is 1.69 bits per heavy atom. The largest absolute Gasteiger partial charge is 0.345 e. The molecule has 1 aliphatic heterocycles. The lowest BCUT2D eigenvalue weighted by molar-refractivity contribution is -0.137. The number of hydrogen-bond donors (Lipinski definition) is 7. The van der Waals surface area contributed by atoms with Crippen molar-refractivity contribution in [2.24, 2.45) is 11.5 Å². The summed E-state index contributed by atoms with van der Waals surface area (Å²) in [6, 6.07) is 6.01. The van der Waals surface area contributed by atoms with Crippen molar-refractivity contribution in [3.63, 3.8) is 0 Å². The van der Waals surface area contributed by atoms with Crippen LogP contribution in [0.1, 0.15) is 57.4 Å². The monoisotopic (exact) mass is 684 g/mol. The number of rotatable bonds is 23. The van der Waals surface area contributed by atoms with Crippen molar-refractivity contribution in [1.29, 1.82) is 0 Å². The van der Waals surface area contributed by atoms with E-state index >= 15 is 0 Å². The van der Waals surface area contributed by atoms with E-state index in [-0.39, 0.29) is 31.6 Å². The van der Waals surface area contributed by atoms with Gasteiger partial charge in [-0.05, 0) is 64.1 Å². The lowest BCUT2D eigenvalue weighted by Gasteiger charge is -2.21. The molecule has 16 nitrogen and oxygen atoms in total. The van der Waals surface area contributed by atoms with E-state index in [0.717, 1.165) is 22.6 Å². The minimum Gasteiger partial charge on any atom is -0.345 e. The van der Waals surface area contributed by atoms with E-state index in [2.05, 4.69) is 26.6 Å². The summed E-state index contributed by atoms with van der Waals surface area (Å²) >= 11 is 0. The molecule has 2 rings (SSSR count). The highest BCUT2D eigenvalue weighted by Crippen LogP contribution is 2.07. The second-order valence-electron chi connectivity index (χ2n) is 11.6. The van der Waals surface area contributed by atoms with Gasteiger partial charge in [0.05, 0.1) is 19.1 Å². The number of ketones is 1. The predicted molar refractivity (Wildman–Crippen MR) is 179 cm³/mol. The number of unbranched alkanes of at least 4 members (excludes halogenated alkanes) is 2. The number of imide groups is 1. The van der Waals surface area contributed by atoms with Crippen LogP contribution in [-0.4, -0.2) is 103 Å². The fraction of sp³-hybridized carbons (Fsp3) is 0.515. The van der Waals surface area contributed by atoms with Gasteiger partial charge in [0.15, 0.2) is 5.78 Å². The van der Waals surface area contributed by atoms with Gasteiger partial charge in [-0.3, -0.25) is 43.3 Å². The zero-order chi connectivity index (χ0) is 36.2. The highest BCUT2D eigenvalue weighted by atomic mass is 16.2. The first kappa shape index (κ1) is 40.2. The molecule has 0 bridgehead atoms. The van der Waals surface area contributed by atoms with Crippen molar-refractivity contribution >= 4 is 47.1 Å². The second-order valence-corrected chi connectivity index (χ2v) is 11.6. The molecule has 1 aromatic carbocycles. The Morgan fingerprint density at radius 1 is 0.673 bits per heavy atom. The van der Waals surface area contributed by atoms with Gasteiger partial charge in [0, 0.05) is 31.5 Å². The molecule has 0 radical (unpaired) electrons. The van der Waals surface area contributed by atoms with E-state index in [1.165, 1.54) is 6.92 Å². The van der Waals surface area contributed by atoms with E-state index in [1.807, 2.05) is 0 Å². The number of nitrogens with zero attached hydrogens (tertiary/aromatic N) is 1. The summed E-state index contributed by atoms with van der Waals surface area (Å²) in [5.41, 5.74) is 11.8. The van der Waals surface area contributed by atoms with E-state index in [4.69, 9.17) is 11.5 Å². The van der Waals surface area contributed by atoms with Crippen molar-refractivity contribution < 1.29 is 38.4 Å². The highest BCUT2D eigenvalue weighted by molar-refractivity contribution is 6.13. The lowest BCUT2D eigenvalue weighted by atomic mass is 10.0. The van der Waals surface area contributed by atoms with Crippen LogP contribution in [0.3, 0.4) is 0 Å². The SMILES string of the molecule is CC(=O)[C@H](CCCCN)NC(=O)CNC(=O)[C@H](Cc1ccccc1)NC(=O)CNC(=O)[C@H](CCCCN)NC(=O)CCN1C(=O)C=CC1=O. The number of carbonyl (C=O) groups excluding carboxylic acids is 8. The Hall–Kier alpha value is -4.96. The molecule has 0 aromatic heterocycles. The number of carbonyl (C=O) groups is 8. The topological polar surface area (TPSA) is 252 Å². The summed E-state index contributed by atoms with van der Waals surface area (Å²) < 4.78 is 0. The van der Waals surface area contributed by atoms with Crippen LogP contribution < -0.4 is 38.1 Å². The van der Waals surface area contributed by atoms with Gasteiger partial charge >= 0.3 is 0 Å². The van der Waals surface area contributed by atoms with Crippen LogP contribution in [-0.2, 0) is 44.8 Å². The predicted octanol–water partition coefficient (Wildman–Crippen LogP) is -1.92. The maximum atomic E-state index is 13.1. The molecule has 0 saturated carbocycles. The van der Waals surface area contributed by atoms with Crippen molar-refractivity contribution in [3.8, 4) is 0 Å². The quantitative estimate of drug-likeness (QED) is 0.0497. The van der Waals surface area contributed by atoms with E-state index in [9.17, 15) is 38.4 Å². The molecule has 0 aliphatic carbocycles. The molecule has 1 heterocycles. The molecule has 49 heavy (non-hydrogen) atoms. The van der Waals surface area contributed by atoms with Gasteiger partial charge in [0.1, 0.15) is 12.1 Å². The van der Waals surface area contributed by atoms with Crippen LogP contribution in [0, 0.1) is 0 Å². The van der Waals surface area contributed by atoms with Crippen LogP contribution in [0.15, 0.2) is 42.5 Å². The van der Waals surface area contributed by atoms with Crippen molar-refractivity contribution in [2.45, 2.75) is 76.4 Å². The molecule has 16 heteroatoms. The summed E-state index contributed by atoms with van der Waals surface area (Å²) in [6.07, 6.45) is 5.15. The second kappa shape index (κ2) is 21.8. The maximum absolute atomic E-state index is 13.1. The molecule has 1 aromatic rings. The smallest absolute Gasteiger partial charge is 0.253 e. The van der Waals surface area contributed by atoms with Crippen molar-refractivity contribution in [2.75, 3.05) is 32.7 Å². The Bertz CT molecular complexity index is 1340. The molecule has 0 saturated heterocycles. The van der Waals surface area contributed by atoms with Gasteiger partial charge in [0.25, 0.3) is 11.8 Å². The Balaban J connectivity index is 1.98. The summed E-state index contributed by atoms with van der Waals surface area (Å²) in [6.45, 7) is 1.09. The average Bonchev–Trinajstić information content (AvgIpc) is 3.40. The zero-order valence-corrected chi connectivity index (χ0v) is 27.8. The van der Waals surface area contributed by atoms with Gasteiger partial charge in [-0.2, -0.15) is 0 Å². The number of nitrogens with two attached hydrogens (primary N) is 2. The fourth-order valence-corrected chi connectivity index (χ4v) is 4.89. The molecule has 0 fully saturated rings. The normalized spacial score (nSPS) is 14.1. The molecular formula is C33H48N8O8. The van der Waals surface area contributed by atoms with Crippen LogP contribution in [0.4, 0.5) is 0 Å². The summed E-state index contributed by atoms with van der Waals surface area (Å²) in [5.74, 6) is -4.42. The van der Waals surface area contributed by atoms with Crippen molar-refractivity contribution in [3.05, 3.63) is 48.0 Å². The Kier molecular flexibility index (Phi) is 17.9. The first-order valence-electron chi connectivity index (χ1n) is 16.4. The third-order valence-corrected chi connectivity index (χ3v) is 7.62. The number of amides is 7. The molecule has 0 unspecified atom stereocenters. The highest BCUT2D eigenvalue weighted by Gasteiger charge is 2.27. The van der Waals surface area contributed by atoms with Crippen LogP contribution in [0.5, 0.6) is 0 Å². The third-order valence-electron chi connectivity index (χ3n) is 7.62. The standard InChI is InChI=1S/C33H48N8O8/c1-22(42)24(11-5-7-16-34)38-28(44)20-37-33(49)26(19-23-9-3-2-4-10-23)40-29(45)21-36-32(48)25(12-6-8-17-35)39-27(43)15-18-41-30(46)13-14-31(41)47/h2-4,9-10,13-14,24-26H,5-8,11-12,15-21,34-35H2,1H3,(H,36,48)(H,37,49)(H,38,44)(H,39,43)(H,40,45)/t24-,25-,26-/m0/s1. The minimum atomic E-state index is -1.11. The van der Waals surface area contributed by atoms with Crippen molar-refractivity contribution in [1.82, 2.24) is 31.5 Å². The van der Waals surface area contributed by atoms with Gasteiger partial charge in [-0.1, -0.05) is 30.3 Å². The number of Topliss-reactive ketones (excluding diaryl/α,β-unsaturated/α-hetero) is 1. The van der Waals surface area contributed by atoms with Gasteiger partial charge in [0.2, 0.25) is 29.5 Å². The fourth-order valence-electron chi connectivity index (χ4n) is 4.89. The van der Waals surface area contributed by atoms with Gasteiger partial charge < -0.3 is 38.1 Å². The van der Waals surface area contributed by atoms with E-state index in [1.54, 1.807) is 30.3 Å². The molecule has 1 aliphatic rings. The summed E-state index contributed by atoms with van der Waals surface area (Å²) in [4.78, 5) is 101. The number of nitrogens with one attached hydrogen (secondary N) is 5. The van der Waals surface area contributed by atoms with Crippen LogP contribution in [0.25, 0.3) is 0 Å². The summed E-state index contributed by atoms with van der Waals surface area (Å²) in [5, 5.41) is 12.8. The van der Waals surface area contributed by atoms with Crippen LogP contribution in [0.2, 0.25) is 0 Å².